The second kappa shape index (κ2) is 17.1. The number of amides is 3. The Morgan fingerprint density at radius 2 is 1.61 bits per heavy atom. The second-order valence-electron chi connectivity index (χ2n) is 11.1. The van der Waals surface area contributed by atoms with Gasteiger partial charge in [-0.3, -0.25) is 9.59 Å². The molecular formula is C30H51N3O5. The third-order valence-electron chi connectivity index (χ3n) is 6.32. The van der Waals surface area contributed by atoms with Crippen LogP contribution in [0.1, 0.15) is 109 Å². The van der Waals surface area contributed by atoms with E-state index in [4.69, 9.17) is 4.74 Å². The van der Waals surface area contributed by atoms with Crippen molar-refractivity contribution in [3.05, 3.63) is 34.9 Å². The summed E-state index contributed by atoms with van der Waals surface area (Å²) in [7, 11) is 0. The minimum atomic E-state index is -1.23. The summed E-state index contributed by atoms with van der Waals surface area (Å²) in [5.41, 5.74) is 1.94. The van der Waals surface area contributed by atoms with Gasteiger partial charge in [-0.1, -0.05) is 76.1 Å². The van der Waals surface area contributed by atoms with E-state index in [9.17, 15) is 19.5 Å². The molecule has 0 saturated carbocycles. The van der Waals surface area contributed by atoms with E-state index in [1.807, 2.05) is 32.0 Å². The summed E-state index contributed by atoms with van der Waals surface area (Å²) in [4.78, 5) is 41.5. The molecule has 0 aliphatic heterocycles. The lowest BCUT2D eigenvalue weighted by Crippen LogP contribution is -2.54. The number of carbonyl (C=O) groups excluding carboxylic acids is 3. The molecule has 0 aliphatic rings. The normalized spacial score (nSPS) is 12.9. The number of aliphatic hydroxyl groups is 1. The molecule has 1 aromatic carbocycles. The number of nitrogens with zero attached hydrogens (tertiary/aromatic N) is 1. The highest BCUT2D eigenvalue weighted by Crippen LogP contribution is 2.27. The highest BCUT2D eigenvalue weighted by molar-refractivity contribution is 5.92. The van der Waals surface area contributed by atoms with Crippen molar-refractivity contribution in [2.45, 2.75) is 118 Å². The number of aliphatic hydroxyl groups excluding tert-OH is 1. The molecule has 38 heavy (non-hydrogen) atoms. The first-order chi connectivity index (χ1) is 17.9. The van der Waals surface area contributed by atoms with Crippen molar-refractivity contribution in [3.63, 3.8) is 0 Å². The largest absolute Gasteiger partial charge is 0.444 e. The summed E-state index contributed by atoms with van der Waals surface area (Å²) in [5.74, 6) is -0.777. The maximum Gasteiger partial charge on any atom is 0.408 e. The Morgan fingerprint density at radius 1 is 0.974 bits per heavy atom. The number of unbranched alkanes of at least 4 members (excludes halogenated alkanes) is 6. The van der Waals surface area contributed by atoms with Crippen LogP contribution in [0, 0.1) is 13.8 Å². The van der Waals surface area contributed by atoms with Crippen molar-refractivity contribution in [3.8, 4) is 0 Å². The molecule has 0 radical (unpaired) electrons. The maximum absolute atomic E-state index is 13.9. The maximum atomic E-state index is 13.9. The standard InChI is InChI=1S/C30H51N3O5/c1-8-10-12-13-14-15-19-33(28(36)25(21-34)32-29(37)38-30(5,6)7)26(27(35)31-18-11-9-2)24-17-16-22(3)20-23(24)4/h16-17,20,25-26,34H,8-15,18-19,21H2,1-7H3,(H,31,35)(H,32,37). The zero-order valence-corrected chi connectivity index (χ0v) is 24.7. The molecule has 0 spiro atoms. The molecule has 3 N–H and O–H groups in total. The van der Waals surface area contributed by atoms with Crippen LogP contribution in [-0.4, -0.2) is 59.3 Å². The van der Waals surface area contributed by atoms with Gasteiger partial charge in [0.1, 0.15) is 17.7 Å². The second-order valence-corrected chi connectivity index (χ2v) is 11.1. The first-order valence-electron chi connectivity index (χ1n) is 14.2. The monoisotopic (exact) mass is 533 g/mol. The van der Waals surface area contributed by atoms with Gasteiger partial charge in [-0.25, -0.2) is 4.79 Å². The van der Waals surface area contributed by atoms with Crippen LogP contribution in [0.25, 0.3) is 0 Å². The zero-order valence-electron chi connectivity index (χ0n) is 24.7. The zero-order chi connectivity index (χ0) is 28.7. The van der Waals surface area contributed by atoms with Crippen LogP contribution in [0.2, 0.25) is 0 Å². The van der Waals surface area contributed by atoms with E-state index in [0.29, 0.717) is 19.5 Å². The summed E-state index contributed by atoms with van der Waals surface area (Å²) in [6, 6.07) is 3.71. The molecule has 216 valence electrons. The van der Waals surface area contributed by atoms with Gasteiger partial charge in [-0.2, -0.15) is 0 Å². The van der Waals surface area contributed by atoms with E-state index in [-0.39, 0.29) is 5.91 Å². The predicted octanol–water partition coefficient (Wildman–Crippen LogP) is 5.34. The van der Waals surface area contributed by atoms with Gasteiger partial charge in [0.2, 0.25) is 11.8 Å². The average Bonchev–Trinajstić information content (AvgIpc) is 2.83. The predicted molar refractivity (Wildman–Crippen MR) is 152 cm³/mol. The summed E-state index contributed by atoms with van der Waals surface area (Å²) in [6.45, 7) is 13.5. The van der Waals surface area contributed by atoms with Gasteiger partial charge >= 0.3 is 6.09 Å². The molecule has 1 aromatic rings. The van der Waals surface area contributed by atoms with Crippen molar-refractivity contribution in [1.29, 1.82) is 0 Å². The highest BCUT2D eigenvalue weighted by atomic mass is 16.6. The van der Waals surface area contributed by atoms with E-state index < -0.39 is 36.3 Å². The van der Waals surface area contributed by atoms with Crippen LogP contribution < -0.4 is 10.6 Å². The van der Waals surface area contributed by atoms with Crippen molar-refractivity contribution in [1.82, 2.24) is 15.5 Å². The number of aryl methyl sites for hydroxylation is 2. The lowest BCUT2D eigenvalue weighted by atomic mass is 9.96. The van der Waals surface area contributed by atoms with Crippen LogP contribution in [0.15, 0.2) is 18.2 Å². The van der Waals surface area contributed by atoms with E-state index in [2.05, 4.69) is 24.5 Å². The third-order valence-corrected chi connectivity index (χ3v) is 6.32. The summed E-state index contributed by atoms with van der Waals surface area (Å²) < 4.78 is 5.32. The minimum Gasteiger partial charge on any atom is -0.444 e. The molecule has 2 unspecified atom stereocenters. The summed E-state index contributed by atoms with van der Waals surface area (Å²) in [5, 5.41) is 15.6. The van der Waals surface area contributed by atoms with Crippen LogP contribution in [0.5, 0.6) is 0 Å². The number of carbonyl (C=O) groups is 3. The van der Waals surface area contributed by atoms with Crippen molar-refractivity contribution in [2.24, 2.45) is 0 Å². The molecule has 0 fully saturated rings. The van der Waals surface area contributed by atoms with E-state index >= 15 is 0 Å². The first kappa shape index (κ1) is 33.4. The van der Waals surface area contributed by atoms with Crippen LogP contribution in [0.3, 0.4) is 0 Å². The fourth-order valence-electron chi connectivity index (χ4n) is 4.33. The Bertz CT molecular complexity index is 881. The fourth-order valence-corrected chi connectivity index (χ4v) is 4.33. The molecule has 8 heteroatoms. The minimum absolute atomic E-state index is 0.265. The number of hydrogen-bond donors (Lipinski definition) is 3. The van der Waals surface area contributed by atoms with Gasteiger partial charge < -0.3 is 25.4 Å². The Labute approximate surface area is 229 Å². The Kier molecular flexibility index (Phi) is 15.0. The van der Waals surface area contributed by atoms with Crippen molar-refractivity contribution in [2.75, 3.05) is 19.7 Å². The first-order valence-corrected chi connectivity index (χ1v) is 14.2. The van der Waals surface area contributed by atoms with Crippen LogP contribution >= 0.6 is 0 Å². The molecule has 0 bridgehead atoms. The smallest absolute Gasteiger partial charge is 0.408 e. The number of benzene rings is 1. The van der Waals surface area contributed by atoms with Crippen LogP contribution in [0.4, 0.5) is 4.79 Å². The molecular weight excluding hydrogens is 482 g/mol. The molecule has 0 aliphatic carbocycles. The molecule has 3 amide bonds. The van der Waals surface area contributed by atoms with Crippen molar-refractivity contribution < 1.29 is 24.2 Å². The quantitative estimate of drug-likeness (QED) is 0.249. The van der Waals surface area contributed by atoms with Crippen molar-refractivity contribution >= 4 is 17.9 Å². The number of nitrogens with one attached hydrogen (secondary N) is 2. The lowest BCUT2D eigenvalue weighted by molar-refractivity contribution is -0.143. The number of ether oxygens (including phenoxy) is 1. The van der Waals surface area contributed by atoms with Gasteiger partial charge in [-0.15, -0.1) is 0 Å². The summed E-state index contributed by atoms with van der Waals surface area (Å²) in [6.07, 6.45) is 7.09. The molecule has 0 aromatic heterocycles. The third kappa shape index (κ3) is 11.8. The molecule has 8 nitrogen and oxygen atoms in total. The Hall–Kier alpha value is -2.61. The van der Waals surface area contributed by atoms with Gasteiger partial charge in [-0.05, 0) is 58.6 Å². The average molecular weight is 534 g/mol. The van der Waals surface area contributed by atoms with E-state index in [1.165, 1.54) is 11.3 Å². The number of rotatable bonds is 16. The number of alkyl carbamates (subject to hydrolysis) is 1. The molecule has 2 atom stereocenters. The Morgan fingerprint density at radius 3 is 2.18 bits per heavy atom. The van der Waals surface area contributed by atoms with E-state index in [0.717, 1.165) is 55.2 Å². The molecule has 1 rings (SSSR count). The van der Waals surface area contributed by atoms with Gasteiger partial charge in [0.25, 0.3) is 0 Å². The van der Waals surface area contributed by atoms with Crippen LogP contribution in [-0.2, 0) is 14.3 Å². The van der Waals surface area contributed by atoms with Gasteiger partial charge in [0, 0.05) is 13.1 Å². The molecule has 0 saturated heterocycles. The van der Waals surface area contributed by atoms with E-state index in [1.54, 1.807) is 20.8 Å². The van der Waals surface area contributed by atoms with Gasteiger partial charge in [0.05, 0.1) is 6.61 Å². The highest BCUT2D eigenvalue weighted by Gasteiger charge is 2.36. The van der Waals surface area contributed by atoms with Gasteiger partial charge in [0.15, 0.2) is 0 Å². The SMILES string of the molecule is CCCCCCCCN(C(=O)C(CO)NC(=O)OC(C)(C)C)C(C(=O)NCCCC)c1ccc(C)cc1C. The lowest BCUT2D eigenvalue weighted by Gasteiger charge is -2.35. The summed E-state index contributed by atoms with van der Waals surface area (Å²) >= 11 is 0. The topological polar surface area (TPSA) is 108 Å². The number of hydrogen-bond acceptors (Lipinski definition) is 5. The fraction of sp³-hybridized carbons (Fsp3) is 0.700. The molecule has 0 heterocycles. The Balaban J connectivity index is 3.36.